The number of amides is 2. The highest BCUT2D eigenvalue weighted by Crippen LogP contribution is 2.14. The fourth-order valence-electron chi connectivity index (χ4n) is 2.78. The number of carbonyl (C=O) groups excluding carboxylic acids is 2. The van der Waals surface area contributed by atoms with Crippen LogP contribution in [0.5, 0.6) is 0 Å². The van der Waals surface area contributed by atoms with Crippen LogP contribution in [0.4, 0.5) is 0 Å². The molecule has 1 aliphatic rings. The Bertz CT molecular complexity index is 536. The molecule has 1 atom stereocenters. The predicted octanol–water partition coefficient (Wildman–Crippen LogP) is 1.57. The lowest BCUT2D eigenvalue weighted by atomic mass is 10.0. The minimum Gasteiger partial charge on any atom is -0.351 e. The van der Waals surface area contributed by atoms with Crippen LogP contribution in [0.15, 0.2) is 43.0 Å². The standard InChI is InChI=1S/C18H25N3O2/c1-3-11-19-17(22)14(2)21-12-9-16(10-13-21)20-18(23)15-7-5-4-6-8-15/h3-8,14,16H,1,9-13H2,2H3,(H,19,22)(H,20,23). The summed E-state index contributed by atoms with van der Waals surface area (Å²) in [7, 11) is 0. The van der Waals surface area contributed by atoms with Crippen molar-refractivity contribution in [2.45, 2.75) is 31.8 Å². The number of likely N-dealkylation sites (tertiary alicyclic amines) is 1. The van der Waals surface area contributed by atoms with Crippen LogP contribution in [-0.4, -0.2) is 48.4 Å². The van der Waals surface area contributed by atoms with Crippen LogP contribution in [0.25, 0.3) is 0 Å². The maximum Gasteiger partial charge on any atom is 0.251 e. The topological polar surface area (TPSA) is 61.4 Å². The van der Waals surface area contributed by atoms with Crippen molar-refractivity contribution < 1.29 is 9.59 Å². The van der Waals surface area contributed by atoms with E-state index in [1.807, 2.05) is 37.3 Å². The first-order valence-electron chi connectivity index (χ1n) is 8.10. The van der Waals surface area contributed by atoms with E-state index in [0.717, 1.165) is 25.9 Å². The second-order valence-corrected chi connectivity index (χ2v) is 5.86. The molecular weight excluding hydrogens is 290 g/mol. The molecule has 2 amide bonds. The number of hydrogen-bond acceptors (Lipinski definition) is 3. The zero-order chi connectivity index (χ0) is 16.7. The van der Waals surface area contributed by atoms with Crippen LogP contribution >= 0.6 is 0 Å². The molecule has 0 radical (unpaired) electrons. The molecule has 0 bridgehead atoms. The third-order valence-corrected chi connectivity index (χ3v) is 4.25. The van der Waals surface area contributed by atoms with Crippen LogP contribution in [-0.2, 0) is 4.79 Å². The van der Waals surface area contributed by atoms with Gasteiger partial charge in [-0.05, 0) is 31.9 Å². The first-order chi connectivity index (χ1) is 11.1. The lowest BCUT2D eigenvalue weighted by molar-refractivity contribution is -0.126. The number of piperidine rings is 1. The fraction of sp³-hybridized carbons (Fsp3) is 0.444. The van der Waals surface area contributed by atoms with E-state index >= 15 is 0 Å². The largest absolute Gasteiger partial charge is 0.351 e. The summed E-state index contributed by atoms with van der Waals surface area (Å²) in [6.45, 7) is 7.63. The summed E-state index contributed by atoms with van der Waals surface area (Å²) >= 11 is 0. The van der Waals surface area contributed by atoms with Crippen LogP contribution in [0.3, 0.4) is 0 Å². The molecule has 1 saturated heterocycles. The number of nitrogens with zero attached hydrogens (tertiary/aromatic N) is 1. The lowest BCUT2D eigenvalue weighted by Crippen LogP contribution is -2.51. The molecule has 0 spiro atoms. The van der Waals surface area contributed by atoms with E-state index < -0.39 is 0 Å². The van der Waals surface area contributed by atoms with Crippen molar-refractivity contribution in [3.05, 3.63) is 48.6 Å². The van der Waals surface area contributed by atoms with E-state index in [1.165, 1.54) is 0 Å². The van der Waals surface area contributed by atoms with Crippen molar-refractivity contribution in [2.24, 2.45) is 0 Å². The average Bonchev–Trinajstić information content (AvgIpc) is 2.60. The van der Waals surface area contributed by atoms with Crippen molar-refractivity contribution >= 4 is 11.8 Å². The minimum absolute atomic E-state index is 0.0247. The second-order valence-electron chi connectivity index (χ2n) is 5.86. The maximum atomic E-state index is 12.2. The number of hydrogen-bond donors (Lipinski definition) is 2. The Balaban J connectivity index is 1.78. The summed E-state index contributed by atoms with van der Waals surface area (Å²) in [5.74, 6) is -0.00232. The third kappa shape index (κ3) is 4.93. The van der Waals surface area contributed by atoms with Gasteiger partial charge in [0, 0.05) is 31.2 Å². The van der Waals surface area contributed by atoms with Crippen molar-refractivity contribution in [1.29, 1.82) is 0 Å². The molecule has 1 aromatic carbocycles. The summed E-state index contributed by atoms with van der Waals surface area (Å²) < 4.78 is 0. The number of carbonyl (C=O) groups is 2. The van der Waals surface area contributed by atoms with E-state index in [2.05, 4.69) is 22.1 Å². The Labute approximate surface area is 137 Å². The number of rotatable bonds is 6. The predicted molar refractivity (Wildman–Crippen MR) is 91.2 cm³/mol. The van der Waals surface area contributed by atoms with Gasteiger partial charge in [-0.1, -0.05) is 24.3 Å². The zero-order valence-electron chi connectivity index (χ0n) is 13.6. The quantitative estimate of drug-likeness (QED) is 0.784. The van der Waals surface area contributed by atoms with Gasteiger partial charge in [-0.25, -0.2) is 0 Å². The molecule has 1 unspecified atom stereocenters. The highest BCUT2D eigenvalue weighted by atomic mass is 16.2. The van der Waals surface area contributed by atoms with E-state index in [-0.39, 0.29) is 23.9 Å². The van der Waals surface area contributed by atoms with Crippen LogP contribution in [0.2, 0.25) is 0 Å². The van der Waals surface area contributed by atoms with Gasteiger partial charge in [-0.3, -0.25) is 14.5 Å². The van der Waals surface area contributed by atoms with E-state index in [1.54, 1.807) is 6.08 Å². The summed E-state index contributed by atoms with van der Waals surface area (Å²) in [4.78, 5) is 26.3. The smallest absolute Gasteiger partial charge is 0.251 e. The molecule has 0 aromatic heterocycles. The molecule has 1 aromatic rings. The van der Waals surface area contributed by atoms with Gasteiger partial charge >= 0.3 is 0 Å². The van der Waals surface area contributed by atoms with Crippen molar-refractivity contribution in [3.8, 4) is 0 Å². The normalized spacial score (nSPS) is 17.3. The van der Waals surface area contributed by atoms with Gasteiger partial charge in [-0.2, -0.15) is 0 Å². The first kappa shape index (κ1) is 17.2. The molecule has 5 nitrogen and oxygen atoms in total. The van der Waals surface area contributed by atoms with Crippen molar-refractivity contribution in [1.82, 2.24) is 15.5 Å². The van der Waals surface area contributed by atoms with Crippen LogP contribution < -0.4 is 10.6 Å². The van der Waals surface area contributed by atoms with E-state index in [9.17, 15) is 9.59 Å². The minimum atomic E-state index is -0.152. The van der Waals surface area contributed by atoms with Gasteiger partial charge in [0.2, 0.25) is 5.91 Å². The third-order valence-electron chi connectivity index (χ3n) is 4.25. The monoisotopic (exact) mass is 315 g/mol. The molecule has 1 fully saturated rings. The summed E-state index contributed by atoms with van der Waals surface area (Å²) in [6, 6.07) is 9.27. The van der Waals surface area contributed by atoms with Gasteiger partial charge in [0.25, 0.3) is 5.91 Å². The van der Waals surface area contributed by atoms with Gasteiger partial charge in [0.15, 0.2) is 0 Å². The van der Waals surface area contributed by atoms with Gasteiger partial charge in [0.1, 0.15) is 0 Å². The molecule has 0 saturated carbocycles. The Hall–Kier alpha value is -2.14. The number of nitrogens with one attached hydrogen (secondary N) is 2. The molecule has 124 valence electrons. The Morgan fingerprint density at radius 2 is 1.96 bits per heavy atom. The van der Waals surface area contributed by atoms with E-state index in [4.69, 9.17) is 0 Å². The average molecular weight is 315 g/mol. The van der Waals surface area contributed by atoms with Gasteiger partial charge in [0.05, 0.1) is 6.04 Å². The summed E-state index contributed by atoms with van der Waals surface area (Å²) in [6.07, 6.45) is 3.39. The Kier molecular flexibility index (Phi) is 6.35. The molecule has 1 heterocycles. The molecule has 0 aliphatic carbocycles. The summed E-state index contributed by atoms with van der Waals surface area (Å²) in [5.41, 5.74) is 0.687. The second kappa shape index (κ2) is 8.48. The van der Waals surface area contributed by atoms with Gasteiger partial charge < -0.3 is 10.6 Å². The number of benzene rings is 1. The SMILES string of the molecule is C=CCNC(=O)C(C)N1CCC(NC(=O)c2ccccc2)CC1. The zero-order valence-corrected chi connectivity index (χ0v) is 13.6. The van der Waals surface area contributed by atoms with Gasteiger partial charge in [-0.15, -0.1) is 6.58 Å². The molecule has 1 aliphatic heterocycles. The van der Waals surface area contributed by atoms with Crippen molar-refractivity contribution in [3.63, 3.8) is 0 Å². The summed E-state index contributed by atoms with van der Waals surface area (Å²) in [5, 5.41) is 5.90. The Morgan fingerprint density at radius 1 is 1.30 bits per heavy atom. The maximum absolute atomic E-state index is 12.2. The molecule has 2 rings (SSSR count). The molecular formula is C18H25N3O2. The highest BCUT2D eigenvalue weighted by molar-refractivity contribution is 5.94. The lowest BCUT2D eigenvalue weighted by Gasteiger charge is -2.35. The fourth-order valence-corrected chi connectivity index (χ4v) is 2.78. The first-order valence-corrected chi connectivity index (χ1v) is 8.10. The van der Waals surface area contributed by atoms with Crippen LogP contribution in [0.1, 0.15) is 30.1 Å². The molecule has 23 heavy (non-hydrogen) atoms. The molecule has 5 heteroatoms. The highest BCUT2D eigenvalue weighted by Gasteiger charge is 2.27. The van der Waals surface area contributed by atoms with Crippen LogP contribution in [0, 0.1) is 0 Å². The Morgan fingerprint density at radius 3 is 2.57 bits per heavy atom. The van der Waals surface area contributed by atoms with E-state index in [0.29, 0.717) is 12.1 Å². The molecule has 2 N–H and O–H groups in total. The van der Waals surface area contributed by atoms with Crippen molar-refractivity contribution in [2.75, 3.05) is 19.6 Å².